The van der Waals surface area contributed by atoms with Crippen LogP contribution < -0.4 is 10.1 Å². The lowest BCUT2D eigenvalue weighted by molar-refractivity contribution is 0.385. The molecule has 0 bridgehead atoms. The van der Waals surface area contributed by atoms with E-state index in [1.807, 2.05) is 6.07 Å². The SMILES string of the molecule is COc1cc(C(C)NCC2CCCCS2)ccc1F. The Hall–Kier alpha value is -0.740. The molecule has 0 amide bonds. The molecule has 1 N–H and O–H groups in total. The Balaban J connectivity index is 1.89. The summed E-state index contributed by atoms with van der Waals surface area (Å²) in [7, 11) is 1.50. The van der Waals surface area contributed by atoms with E-state index >= 15 is 0 Å². The molecule has 0 aromatic heterocycles. The van der Waals surface area contributed by atoms with Crippen molar-refractivity contribution in [2.24, 2.45) is 0 Å². The second-order valence-corrected chi connectivity index (χ2v) is 6.42. The molecule has 0 radical (unpaired) electrons. The fourth-order valence-corrected chi connectivity index (χ4v) is 3.59. The highest BCUT2D eigenvalue weighted by atomic mass is 32.2. The lowest BCUT2D eigenvalue weighted by Gasteiger charge is -2.24. The molecule has 1 aromatic rings. The summed E-state index contributed by atoms with van der Waals surface area (Å²) >= 11 is 2.06. The Labute approximate surface area is 119 Å². The Kier molecular flexibility index (Phi) is 5.52. The number of hydrogen-bond acceptors (Lipinski definition) is 3. The van der Waals surface area contributed by atoms with Crippen molar-refractivity contribution in [2.45, 2.75) is 37.5 Å². The number of rotatable bonds is 5. The highest BCUT2D eigenvalue weighted by Crippen LogP contribution is 2.26. The summed E-state index contributed by atoms with van der Waals surface area (Å²) in [6.45, 7) is 3.13. The van der Waals surface area contributed by atoms with Gasteiger partial charge in [0.05, 0.1) is 7.11 Å². The molecule has 1 aliphatic heterocycles. The topological polar surface area (TPSA) is 21.3 Å². The van der Waals surface area contributed by atoms with E-state index in [0.29, 0.717) is 5.75 Å². The number of nitrogens with one attached hydrogen (secondary N) is 1. The molecule has 106 valence electrons. The molecule has 1 saturated heterocycles. The fourth-order valence-electron chi connectivity index (χ4n) is 2.34. The minimum absolute atomic E-state index is 0.219. The van der Waals surface area contributed by atoms with Gasteiger partial charge in [0.15, 0.2) is 11.6 Å². The number of ether oxygens (including phenoxy) is 1. The molecule has 1 aromatic carbocycles. The maximum Gasteiger partial charge on any atom is 0.165 e. The molecule has 2 atom stereocenters. The number of halogens is 1. The van der Waals surface area contributed by atoms with Gasteiger partial charge in [0, 0.05) is 17.8 Å². The third kappa shape index (κ3) is 4.11. The van der Waals surface area contributed by atoms with Gasteiger partial charge in [-0.25, -0.2) is 4.39 Å². The number of methoxy groups -OCH3 is 1. The van der Waals surface area contributed by atoms with E-state index in [1.54, 1.807) is 6.07 Å². The van der Waals surface area contributed by atoms with Crippen LogP contribution in [0, 0.1) is 5.82 Å². The van der Waals surface area contributed by atoms with Crippen LogP contribution in [0.1, 0.15) is 37.8 Å². The zero-order valence-electron chi connectivity index (χ0n) is 11.6. The molecule has 0 spiro atoms. The quantitative estimate of drug-likeness (QED) is 0.889. The van der Waals surface area contributed by atoms with E-state index in [4.69, 9.17) is 4.74 Å². The van der Waals surface area contributed by atoms with Crippen molar-refractivity contribution in [1.29, 1.82) is 0 Å². The first kappa shape index (κ1) is 14.7. The summed E-state index contributed by atoms with van der Waals surface area (Å²) in [4.78, 5) is 0. The maximum atomic E-state index is 13.4. The minimum Gasteiger partial charge on any atom is -0.494 e. The Morgan fingerprint density at radius 2 is 2.32 bits per heavy atom. The van der Waals surface area contributed by atoms with Crippen LogP contribution in [0.15, 0.2) is 18.2 Å². The first-order valence-electron chi connectivity index (χ1n) is 6.89. The van der Waals surface area contributed by atoms with Crippen LogP contribution in [0.25, 0.3) is 0 Å². The van der Waals surface area contributed by atoms with E-state index in [0.717, 1.165) is 17.4 Å². The summed E-state index contributed by atoms with van der Waals surface area (Å²) < 4.78 is 18.4. The zero-order valence-corrected chi connectivity index (χ0v) is 12.4. The summed E-state index contributed by atoms with van der Waals surface area (Å²) in [5.41, 5.74) is 1.07. The number of benzene rings is 1. The highest BCUT2D eigenvalue weighted by Gasteiger charge is 2.15. The van der Waals surface area contributed by atoms with Crippen molar-refractivity contribution in [1.82, 2.24) is 5.32 Å². The van der Waals surface area contributed by atoms with Gasteiger partial charge >= 0.3 is 0 Å². The van der Waals surface area contributed by atoms with Crippen LogP contribution in [0.3, 0.4) is 0 Å². The van der Waals surface area contributed by atoms with Gasteiger partial charge in [-0.05, 0) is 43.2 Å². The number of thioether (sulfide) groups is 1. The smallest absolute Gasteiger partial charge is 0.165 e. The predicted octanol–water partition coefficient (Wildman–Crippen LogP) is 3.77. The van der Waals surface area contributed by atoms with Gasteiger partial charge in [-0.3, -0.25) is 0 Å². The first-order chi connectivity index (χ1) is 9.20. The lowest BCUT2D eigenvalue weighted by atomic mass is 10.1. The van der Waals surface area contributed by atoms with E-state index < -0.39 is 0 Å². The molecule has 19 heavy (non-hydrogen) atoms. The molecule has 1 heterocycles. The average molecular weight is 283 g/mol. The molecule has 0 saturated carbocycles. The van der Waals surface area contributed by atoms with Crippen molar-refractivity contribution in [2.75, 3.05) is 19.4 Å². The molecule has 1 aliphatic rings. The Morgan fingerprint density at radius 1 is 1.47 bits per heavy atom. The van der Waals surface area contributed by atoms with Gasteiger partial charge in [0.25, 0.3) is 0 Å². The molecule has 0 aliphatic carbocycles. The third-order valence-electron chi connectivity index (χ3n) is 3.60. The highest BCUT2D eigenvalue weighted by molar-refractivity contribution is 7.99. The van der Waals surface area contributed by atoms with Gasteiger partial charge in [-0.2, -0.15) is 11.8 Å². The molecule has 1 fully saturated rings. The van der Waals surface area contributed by atoms with Gasteiger partial charge in [-0.15, -0.1) is 0 Å². The normalized spacial score (nSPS) is 21.1. The molecule has 2 rings (SSSR count). The van der Waals surface area contributed by atoms with Crippen LogP contribution in [-0.2, 0) is 0 Å². The molecular formula is C15H22FNOS. The van der Waals surface area contributed by atoms with E-state index in [9.17, 15) is 4.39 Å². The maximum absolute atomic E-state index is 13.4. The van der Waals surface area contributed by atoms with E-state index in [1.165, 1.54) is 38.2 Å². The molecule has 2 unspecified atom stereocenters. The van der Waals surface area contributed by atoms with Gasteiger partial charge in [0.2, 0.25) is 0 Å². The summed E-state index contributed by atoms with van der Waals surface area (Å²) in [6, 6.07) is 5.30. The van der Waals surface area contributed by atoms with Crippen LogP contribution in [0.5, 0.6) is 5.75 Å². The minimum atomic E-state index is -0.304. The van der Waals surface area contributed by atoms with E-state index in [2.05, 4.69) is 24.0 Å². The monoisotopic (exact) mass is 283 g/mol. The second kappa shape index (κ2) is 7.15. The van der Waals surface area contributed by atoms with Gasteiger partial charge in [0.1, 0.15) is 0 Å². The summed E-state index contributed by atoms with van der Waals surface area (Å²) in [6.07, 6.45) is 4.00. The van der Waals surface area contributed by atoms with Crippen LogP contribution in [-0.4, -0.2) is 24.7 Å². The summed E-state index contributed by atoms with van der Waals surface area (Å²) in [5, 5.41) is 4.26. The Bertz CT molecular complexity index is 407. The standard InChI is InChI=1S/C15H22FNOS/c1-11(17-10-13-5-3-4-8-19-13)12-6-7-14(16)15(9-12)18-2/h6-7,9,11,13,17H,3-5,8,10H2,1-2H3. The molecule has 2 nitrogen and oxygen atoms in total. The van der Waals surface area contributed by atoms with Crippen molar-refractivity contribution in [3.63, 3.8) is 0 Å². The first-order valence-corrected chi connectivity index (χ1v) is 7.94. The molecule has 4 heteroatoms. The summed E-state index contributed by atoms with van der Waals surface area (Å²) in [5.74, 6) is 1.30. The van der Waals surface area contributed by atoms with Crippen molar-refractivity contribution >= 4 is 11.8 Å². The van der Waals surface area contributed by atoms with Crippen LogP contribution in [0.2, 0.25) is 0 Å². The fraction of sp³-hybridized carbons (Fsp3) is 0.600. The van der Waals surface area contributed by atoms with E-state index in [-0.39, 0.29) is 11.9 Å². The molecular weight excluding hydrogens is 261 g/mol. The van der Waals surface area contributed by atoms with Crippen LogP contribution in [0.4, 0.5) is 4.39 Å². The Morgan fingerprint density at radius 3 is 3.00 bits per heavy atom. The predicted molar refractivity (Wildman–Crippen MR) is 79.5 cm³/mol. The van der Waals surface area contributed by atoms with Crippen molar-refractivity contribution in [3.8, 4) is 5.75 Å². The average Bonchev–Trinajstić information content (AvgIpc) is 2.46. The van der Waals surface area contributed by atoms with Crippen LogP contribution >= 0.6 is 11.8 Å². The second-order valence-electron chi connectivity index (χ2n) is 5.01. The number of hydrogen-bond donors (Lipinski definition) is 1. The lowest BCUT2D eigenvalue weighted by Crippen LogP contribution is -2.29. The van der Waals surface area contributed by atoms with Gasteiger partial charge in [-0.1, -0.05) is 12.5 Å². The van der Waals surface area contributed by atoms with Crippen molar-refractivity contribution < 1.29 is 9.13 Å². The largest absolute Gasteiger partial charge is 0.494 e. The van der Waals surface area contributed by atoms with Crippen molar-refractivity contribution in [3.05, 3.63) is 29.6 Å². The third-order valence-corrected chi connectivity index (χ3v) is 5.00. The zero-order chi connectivity index (χ0) is 13.7. The van der Waals surface area contributed by atoms with Gasteiger partial charge < -0.3 is 10.1 Å².